The average Bonchev–Trinajstić information content (AvgIpc) is 2.40. The molecule has 2 heterocycles. The van der Waals surface area contributed by atoms with Gasteiger partial charge in [-0.3, -0.25) is 9.69 Å². The number of nitrogens with zero attached hydrogens (tertiary/aromatic N) is 2. The van der Waals surface area contributed by atoms with E-state index in [-0.39, 0.29) is 11.9 Å². The van der Waals surface area contributed by atoms with Crippen molar-refractivity contribution in [1.82, 2.24) is 9.88 Å². The lowest BCUT2D eigenvalue weighted by molar-refractivity contribution is -0.129. The first-order valence-electron chi connectivity index (χ1n) is 5.94. The monoisotopic (exact) mass is 250 g/mol. The fraction of sp³-hybridized carbons (Fsp3) is 0.500. The summed E-state index contributed by atoms with van der Waals surface area (Å²) < 4.78 is 5.28. The summed E-state index contributed by atoms with van der Waals surface area (Å²) >= 11 is 0. The van der Waals surface area contributed by atoms with Crippen LogP contribution in [0.4, 0.5) is 5.82 Å². The van der Waals surface area contributed by atoms with Gasteiger partial charge in [0.2, 0.25) is 5.91 Å². The van der Waals surface area contributed by atoms with Crippen molar-refractivity contribution in [2.45, 2.75) is 12.6 Å². The Kier molecular flexibility index (Phi) is 4.11. The highest BCUT2D eigenvalue weighted by atomic mass is 16.5. The number of amides is 1. The van der Waals surface area contributed by atoms with Crippen molar-refractivity contribution < 1.29 is 9.53 Å². The lowest BCUT2D eigenvalue weighted by Gasteiger charge is -2.33. The van der Waals surface area contributed by atoms with Gasteiger partial charge >= 0.3 is 0 Å². The van der Waals surface area contributed by atoms with Crippen LogP contribution in [0.25, 0.3) is 0 Å². The molecule has 0 aliphatic carbocycles. The van der Waals surface area contributed by atoms with E-state index in [1.54, 1.807) is 6.20 Å². The van der Waals surface area contributed by atoms with Crippen LogP contribution < -0.4 is 11.1 Å². The molecule has 1 atom stereocenters. The van der Waals surface area contributed by atoms with Gasteiger partial charge in [-0.05, 0) is 11.6 Å². The molecule has 0 radical (unpaired) electrons. The third-order valence-corrected chi connectivity index (χ3v) is 3.03. The molecule has 1 aromatic rings. The number of nitrogens with two attached hydrogens (primary N) is 1. The molecule has 6 nitrogen and oxygen atoms in total. The van der Waals surface area contributed by atoms with Gasteiger partial charge in [0.25, 0.3) is 0 Å². The third-order valence-electron chi connectivity index (χ3n) is 3.03. The van der Waals surface area contributed by atoms with E-state index in [0.29, 0.717) is 26.3 Å². The van der Waals surface area contributed by atoms with Crippen LogP contribution in [-0.2, 0) is 16.1 Å². The molecule has 1 aliphatic rings. The predicted octanol–water partition coefficient (Wildman–Crippen LogP) is -0.191. The first-order valence-corrected chi connectivity index (χ1v) is 5.94. The van der Waals surface area contributed by atoms with E-state index in [4.69, 9.17) is 10.5 Å². The number of morpholine rings is 1. The second kappa shape index (κ2) is 5.79. The zero-order chi connectivity index (χ0) is 13.0. The van der Waals surface area contributed by atoms with Gasteiger partial charge in [-0.15, -0.1) is 0 Å². The van der Waals surface area contributed by atoms with E-state index in [0.717, 1.165) is 11.4 Å². The highest BCUT2D eigenvalue weighted by Crippen LogP contribution is 2.13. The summed E-state index contributed by atoms with van der Waals surface area (Å²) in [6, 6.07) is 3.56. The van der Waals surface area contributed by atoms with E-state index >= 15 is 0 Å². The fourth-order valence-electron chi connectivity index (χ4n) is 1.99. The van der Waals surface area contributed by atoms with E-state index in [1.165, 1.54) is 0 Å². The number of ether oxygens (including phenoxy) is 1. The van der Waals surface area contributed by atoms with Crippen molar-refractivity contribution in [3.05, 3.63) is 23.9 Å². The molecule has 0 aromatic carbocycles. The van der Waals surface area contributed by atoms with Crippen LogP contribution in [0.3, 0.4) is 0 Å². The Morgan fingerprint density at radius 2 is 2.50 bits per heavy atom. The Bertz CT molecular complexity index is 407. The first kappa shape index (κ1) is 12.8. The highest BCUT2D eigenvalue weighted by Gasteiger charge is 2.27. The lowest BCUT2D eigenvalue weighted by Crippen LogP contribution is -2.51. The van der Waals surface area contributed by atoms with Gasteiger partial charge < -0.3 is 15.8 Å². The van der Waals surface area contributed by atoms with Crippen molar-refractivity contribution in [1.29, 1.82) is 0 Å². The van der Waals surface area contributed by atoms with Gasteiger partial charge in [-0.25, -0.2) is 4.98 Å². The number of carbonyl (C=O) groups excluding carboxylic acids is 1. The highest BCUT2D eigenvalue weighted by molar-refractivity contribution is 5.80. The number of carbonyl (C=O) groups is 1. The molecule has 18 heavy (non-hydrogen) atoms. The number of primary amides is 1. The predicted molar refractivity (Wildman–Crippen MR) is 68.0 cm³/mol. The summed E-state index contributed by atoms with van der Waals surface area (Å²) in [7, 11) is 1.83. The maximum atomic E-state index is 11.3. The number of hydrogen-bond donors (Lipinski definition) is 2. The summed E-state index contributed by atoms with van der Waals surface area (Å²) in [4.78, 5) is 17.6. The number of aromatic nitrogens is 1. The zero-order valence-corrected chi connectivity index (χ0v) is 10.4. The SMILES string of the molecule is CNc1ccc(CN2CCOCC2C(N)=O)cn1. The number of anilines is 1. The quantitative estimate of drug-likeness (QED) is 0.774. The molecule has 2 rings (SSSR count). The van der Waals surface area contributed by atoms with Crippen molar-refractivity contribution in [2.75, 3.05) is 32.1 Å². The number of rotatable bonds is 4. The number of nitrogens with one attached hydrogen (secondary N) is 1. The molecule has 98 valence electrons. The van der Waals surface area contributed by atoms with Gasteiger partial charge in [0, 0.05) is 26.3 Å². The minimum atomic E-state index is -0.345. The Morgan fingerprint density at radius 3 is 3.11 bits per heavy atom. The van der Waals surface area contributed by atoms with Crippen molar-refractivity contribution in [3.8, 4) is 0 Å². The molecule has 1 aromatic heterocycles. The minimum absolute atomic E-state index is 0.338. The largest absolute Gasteiger partial charge is 0.378 e. The normalized spacial score (nSPS) is 20.6. The Labute approximate surface area is 106 Å². The minimum Gasteiger partial charge on any atom is -0.378 e. The van der Waals surface area contributed by atoms with Crippen LogP contribution in [0.5, 0.6) is 0 Å². The summed E-state index contributed by atoms with van der Waals surface area (Å²) in [5, 5.41) is 2.97. The Morgan fingerprint density at radius 1 is 1.67 bits per heavy atom. The van der Waals surface area contributed by atoms with E-state index in [1.807, 2.05) is 24.1 Å². The Balaban J connectivity index is 2.03. The van der Waals surface area contributed by atoms with Gasteiger partial charge in [0.1, 0.15) is 11.9 Å². The molecule has 0 spiro atoms. The molecule has 1 fully saturated rings. The lowest BCUT2D eigenvalue weighted by atomic mass is 10.1. The molecule has 3 N–H and O–H groups in total. The molecule has 1 unspecified atom stereocenters. The van der Waals surface area contributed by atoms with Gasteiger partial charge in [-0.1, -0.05) is 6.07 Å². The van der Waals surface area contributed by atoms with Gasteiger partial charge in [-0.2, -0.15) is 0 Å². The van der Waals surface area contributed by atoms with E-state index in [9.17, 15) is 4.79 Å². The van der Waals surface area contributed by atoms with Crippen LogP contribution in [0.2, 0.25) is 0 Å². The van der Waals surface area contributed by atoms with E-state index < -0.39 is 0 Å². The molecular weight excluding hydrogens is 232 g/mol. The average molecular weight is 250 g/mol. The molecule has 1 saturated heterocycles. The second-order valence-corrected chi connectivity index (χ2v) is 4.27. The van der Waals surface area contributed by atoms with Crippen LogP contribution in [0.15, 0.2) is 18.3 Å². The van der Waals surface area contributed by atoms with Crippen LogP contribution in [0, 0.1) is 0 Å². The topological polar surface area (TPSA) is 80.5 Å². The van der Waals surface area contributed by atoms with Crippen molar-refractivity contribution >= 4 is 11.7 Å². The molecule has 1 amide bonds. The van der Waals surface area contributed by atoms with Gasteiger partial charge in [0.15, 0.2) is 0 Å². The first-order chi connectivity index (χ1) is 8.70. The second-order valence-electron chi connectivity index (χ2n) is 4.27. The number of pyridine rings is 1. The summed E-state index contributed by atoms with van der Waals surface area (Å²) in [5.74, 6) is 0.488. The third kappa shape index (κ3) is 2.96. The van der Waals surface area contributed by atoms with Crippen LogP contribution in [0.1, 0.15) is 5.56 Å². The summed E-state index contributed by atoms with van der Waals surface area (Å²) in [5.41, 5.74) is 6.43. The van der Waals surface area contributed by atoms with Gasteiger partial charge in [0.05, 0.1) is 13.2 Å². The zero-order valence-electron chi connectivity index (χ0n) is 10.4. The molecule has 1 aliphatic heterocycles. The Hall–Kier alpha value is -1.66. The fourth-order valence-corrected chi connectivity index (χ4v) is 1.99. The molecular formula is C12H18N4O2. The maximum Gasteiger partial charge on any atom is 0.237 e. The molecule has 0 bridgehead atoms. The summed E-state index contributed by atoms with van der Waals surface area (Å²) in [6.45, 7) is 2.37. The van der Waals surface area contributed by atoms with Crippen molar-refractivity contribution in [2.24, 2.45) is 5.73 Å². The molecule has 6 heteroatoms. The van der Waals surface area contributed by atoms with Crippen molar-refractivity contribution in [3.63, 3.8) is 0 Å². The van der Waals surface area contributed by atoms with Crippen LogP contribution >= 0.6 is 0 Å². The van der Waals surface area contributed by atoms with Crippen LogP contribution in [-0.4, -0.2) is 48.6 Å². The maximum absolute atomic E-state index is 11.3. The van der Waals surface area contributed by atoms with E-state index in [2.05, 4.69) is 10.3 Å². The molecule has 0 saturated carbocycles. The number of hydrogen-bond acceptors (Lipinski definition) is 5. The summed E-state index contributed by atoms with van der Waals surface area (Å²) in [6.07, 6.45) is 1.80. The smallest absolute Gasteiger partial charge is 0.237 e. The standard InChI is InChI=1S/C12H18N4O2/c1-14-11-3-2-9(6-15-11)7-16-4-5-18-8-10(16)12(13)17/h2-3,6,10H,4-5,7-8H2,1H3,(H2,13,17)(H,14,15).